The number of hydrogen-bond donors (Lipinski definition) is 1. The number of methoxy groups -OCH3 is 1. The monoisotopic (exact) mass is 290 g/mol. The molecule has 0 heterocycles. The summed E-state index contributed by atoms with van der Waals surface area (Å²) >= 11 is 4.97. The molecule has 0 saturated heterocycles. The van der Waals surface area contributed by atoms with Crippen molar-refractivity contribution in [3.05, 3.63) is 22.2 Å². The smallest absolute Gasteiger partial charge is 0.339 e. The lowest BCUT2D eigenvalue weighted by Gasteiger charge is -2.09. The Labute approximate surface area is 101 Å². The van der Waals surface area contributed by atoms with Crippen LogP contribution in [0.2, 0.25) is 0 Å². The van der Waals surface area contributed by atoms with E-state index in [2.05, 4.69) is 15.9 Å². The molecule has 0 aromatic heterocycles. The summed E-state index contributed by atoms with van der Waals surface area (Å²) in [5, 5.41) is 8.98. The Hall–Kier alpha value is -0.680. The molecule has 15 heavy (non-hydrogen) atoms. The lowest BCUT2D eigenvalue weighted by Crippen LogP contribution is -2.01. The van der Waals surface area contributed by atoms with Crippen LogP contribution in [0.4, 0.5) is 0 Å². The molecule has 0 aliphatic rings. The van der Waals surface area contributed by atoms with Crippen LogP contribution in [0.3, 0.4) is 0 Å². The van der Waals surface area contributed by atoms with Crippen LogP contribution in [-0.4, -0.2) is 23.9 Å². The Kier molecular flexibility index (Phi) is 4.47. The van der Waals surface area contributed by atoms with Crippen LogP contribution in [0.1, 0.15) is 17.3 Å². The second-order valence-corrected chi connectivity index (χ2v) is 4.88. The summed E-state index contributed by atoms with van der Waals surface area (Å²) in [5.41, 5.74) is 0.191. The topological polar surface area (TPSA) is 46.5 Å². The van der Waals surface area contributed by atoms with E-state index in [1.165, 1.54) is 7.11 Å². The molecule has 82 valence electrons. The Morgan fingerprint density at radius 1 is 1.60 bits per heavy atom. The number of carboxylic acid groups (broad SMARTS) is 1. The molecule has 1 aromatic carbocycles. The standard InChI is InChI=1S/C10H11BrO3S/c1-3-15-9-4-6(10(12)13)8(14-2)5-7(9)11/h4-5H,3H2,1-2H3,(H,12,13). The summed E-state index contributed by atoms with van der Waals surface area (Å²) in [6, 6.07) is 3.31. The molecule has 1 N–H and O–H groups in total. The van der Waals surface area contributed by atoms with Gasteiger partial charge in [0, 0.05) is 9.37 Å². The molecule has 0 aliphatic heterocycles. The fourth-order valence-corrected chi connectivity index (χ4v) is 2.51. The van der Waals surface area contributed by atoms with Crippen molar-refractivity contribution in [2.24, 2.45) is 0 Å². The highest BCUT2D eigenvalue weighted by molar-refractivity contribution is 9.10. The van der Waals surface area contributed by atoms with Crippen LogP contribution < -0.4 is 4.74 Å². The van der Waals surface area contributed by atoms with E-state index >= 15 is 0 Å². The summed E-state index contributed by atoms with van der Waals surface area (Å²) in [7, 11) is 1.46. The fraction of sp³-hybridized carbons (Fsp3) is 0.300. The van der Waals surface area contributed by atoms with Crippen molar-refractivity contribution in [3.8, 4) is 5.75 Å². The maximum Gasteiger partial charge on any atom is 0.339 e. The first kappa shape index (κ1) is 12.4. The molecular weight excluding hydrogens is 280 g/mol. The normalized spacial score (nSPS) is 10.1. The Morgan fingerprint density at radius 3 is 2.73 bits per heavy atom. The molecule has 0 aliphatic carbocycles. The zero-order valence-corrected chi connectivity index (χ0v) is 10.8. The first-order chi connectivity index (χ1) is 7.10. The summed E-state index contributed by atoms with van der Waals surface area (Å²) in [5.74, 6) is 0.288. The third-order valence-corrected chi connectivity index (χ3v) is 3.64. The van der Waals surface area contributed by atoms with Crippen LogP contribution in [0.15, 0.2) is 21.5 Å². The van der Waals surface area contributed by atoms with Crippen LogP contribution in [0, 0.1) is 0 Å². The SMILES string of the molecule is CCSc1cc(C(=O)O)c(OC)cc1Br. The minimum atomic E-state index is -0.975. The Bertz CT molecular complexity index is 379. The Balaban J connectivity index is 3.23. The second-order valence-electron chi connectivity index (χ2n) is 2.72. The zero-order chi connectivity index (χ0) is 11.4. The molecule has 1 aromatic rings. The number of aromatic carboxylic acids is 1. The largest absolute Gasteiger partial charge is 0.496 e. The minimum Gasteiger partial charge on any atom is -0.496 e. The van der Waals surface area contributed by atoms with Gasteiger partial charge in [0.25, 0.3) is 0 Å². The van der Waals surface area contributed by atoms with Crippen molar-refractivity contribution in [2.75, 3.05) is 12.9 Å². The van der Waals surface area contributed by atoms with Gasteiger partial charge in [0.2, 0.25) is 0 Å². The maximum absolute atomic E-state index is 10.9. The quantitative estimate of drug-likeness (QED) is 0.865. The molecule has 1 rings (SSSR count). The maximum atomic E-state index is 10.9. The average molecular weight is 291 g/mol. The van der Waals surface area contributed by atoms with Crippen molar-refractivity contribution < 1.29 is 14.6 Å². The summed E-state index contributed by atoms with van der Waals surface area (Å²) in [6.07, 6.45) is 0. The van der Waals surface area contributed by atoms with Gasteiger partial charge in [0.15, 0.2) is 0 Å². The molecule has 3 nitrogen and oxygen atoms in total. The van der Waals surface area contributed by atoms with E-state index in [1.807, 2.05) is 6.92 Å². The van der Waals surface area contributed by atoms with Gasteiger partial charge >= 0.3 is 5.97 Å². The number of benzene rings is 1. The lowest BCUT2D eigenvalue weighted by molar-refractivity contribution is 0.0693. The Morgan fingerprint density at radius 2 is 2.27 bits per heavy atom. The van der Waals surface area contributed by atoms with Gasteiger partial charge in [-0.05, 0) is 33.8 Å². The fourth-order valence-electron chi connectivity index (χ4n) is 1.14. The van der Waals surface area contributed by atoms with Gasteiger partial charge in [0.1, 0.15) is 11.3 Å². The molecule has 0 atom stereocenters. The highest BCUT2D eigenvalue weighted by atomic mass is 79.9. The molecule has 0 unspecified atom stereocenters. The minimum absolute atomic E-state index is 0.191. The average Bonchev–Trinajstić information content (AvgIpc) is 2.20. The third-order valence-electron chi connectivity index (χ3n) is 1.78. The van der Waals surface area contributed by atoms with Crippen molar-refractivity contribution in [1.29, 1.82) is 0 Å². The van der Waals surface area contributed by atoms with Crippen LogP contribution in [0.25, 0.3) is 0 Å². The van der Waals surface area contributed by atoms with Gasteiger partial charge in [-0.3, -0.25) is 0 Å². The number of thioether (sulfide) groups is 1. The number of halogens is 1. The highest BCUT2D eigenvalue weighted by Crippen LogP contribution is 2.33. The predicted octanol–water partition coefficient (Wildman–Crippen LogP) is 3.27. The van der Waals surface area contributed by atoms with Gasteiger partial charge < -0.3 is 9.84 Å². The second kappa shape index (κ2) is 5.42. The van der Waals surface area contributed by atoms with Crippen LogP contribution in [0.5, 0.6) is 5.75 Å². The number of rotatable bonds is 4. The van der Waals surface area contributed by atoms with E-state index in [9.17, 15) is 4.79 Å². The van der Waals surface area contributed by atoms with Gasteiger partial charge in [0.05, 0.1) is 7.11 Å². The van der Waals surface area contributed by atoms with Crippen molar-refractivity contribution in [2.45, 2.75) is 11.8 Å². The molecule has 0 fully saturated rings. The van der Waals surface area contributed by atoms with E-state index in [4.69, 9.17) is 9.84 Å². The van der Waals surface area contributed by atoms with E-state index in [0.29, 0.717) is 5.75 Å². The van der Waals surface area contributed by atoms with Crippen molar-refractivity contribution in [1.82, 2.24) is 0 Å². The van der Waals surface area contributed by atoms with E-state index in [0.717, 1.165) is 15.1 Å². The molecule has 0 amide bonds. The van der Waals surface area contributed by atoms with Gasteiger partial charge in [-0.25, -0.2) is 4.79 Å². The highest BCUT2D eigenvalue weighted by Gasteiger charge is 2.14. The van der Waals surface area contributed by atoms with E-state index in [1.54, 1.807) is 23.9 Å². The summed E-state index contributed by atoms with van der Waals surface area (Å²) in [6.45, 7) is 2.02. The molecule has 0 radical (unpaired) electrons. The van der Waals surface area contributed by atoms with Gasteiger partial charge in [-0.1, -0.05) is 6.92 Å². The first-order valence-electron chi connectivity index (χ1n) is 4.33. The number of carbonyl (C=O) groups is 1. The lowest BCUT2D eigenvalue weighted by atomic mass is 10.2. The predicted molar refractivity (Wildman–Crippen MR) is 64.1 cm³/mol. The number of carboxylic acids is 1. The van der Waals surface area contributed by atoms with Crippen LogP contribution in [-0.2, 0) is 0 Å². The first-order valence-corrected chi connectivity index (χ1v) is 6.11. The third kappa shape index (κ3) is 2.89. The summed E-state index contributed by atoms with van der Waals surface area (Å²) in [4.78, 5) is 11.9. The molecule has 5 heteroatoms. The molecular formula is C10H11BrO3S. The van der Waals surface area contributed by atoms with E-state index in [-0.39, 0.29) is 5.56 Å². The number of ether oxygens (including phenoxy) is 1. The molecule has 0 saturated carbocycles. The van der Waals surface area contributed by atoms with Crippen molar-refractivity contribution in [3.63, 3.8) is 0 Å². The zero-order valence-electron chi connectivity index (χ0n) is 8.41. The summed E-state index contributed by atoms with van der Waals surface area (Å²) < 4.78 is 5.86. The van der Waals surface area contributed by atoms with Gasteiger partial charge in [-0.2, -0.15) is 0 Å². The molecule has 0 bridgehead atoms. The van der Waals surface area contributed by atoms with Gasteiger partial charge in [-0.15, -0.1) is 11.8 Å². The van der Waals surface area contributed by atoms with Crippen LogP contribution >= 0.6 is 27.7 Å². The molecule has 0 spiro atoms. The van der Waals surface area contributed by atoms with Crippen molar-refractivity contribution >= 4 is 33.7 Å². The van der Waals surface area contributed by atoms with E-state index < -0.39 is 5.97 Å². The number of hydrogen-bond acceptors (Lipinski definition) is 3.